The molecule has 1 fully saturated rings. The van der Waals surface area contributed by atoms with Crippen molar-refractivity contribution in [3.05, 3.63) is 53.2 Å². The predicted octanol–water partition coefficient (Wildman–Crippen LogP) is 3.91. The highest BCUT2D eigenvalue weighted by Gasteiger charge is 2.32. The van der Waals surface area contributed by atoms with Crippen LogP contribution in [-0.2, 0) is 0 Å². The summed E-state index contributed by atoms with van der Waals surface area (Å²) in [5, 5.41) is 3.90. The lowest BCUT2D eigenvalue weighted by Gasteiger charge is -2.24. The van der Waals surface area contributed by atoms with Gasteiger partial charge in [-0.25, -0.2) is 4.39 Å². The number of carbonyl (C=O) groups is 1. The maximum atomic E-state index is 13.1. The Bertz CT molecular complexity index is 664. The van der Waals surface area contributed by atoms with Gasteiger partial charge in [-0.05, 0) is 30.5 Å². The maximum absolute atomic E-state index is 13.1. The quantitative estimate of drug-likeness (QED) is 0.863. The number of hydrogen-bond acceptors (Lipinski definition) is 3. The number of rotatable bonds is 3. The fourth-order valence-corrected chi connectivity index (χ4v) is 2.85. The zero-order valence-electron chi connectivity index (χ0n) is 12.8. The molecule has 1 aliphatic heterocycles. The zero-order valence-corrected chi connectivity index (χ0v) is 12.8. The molecule has 0 spiro atoms. The average Bonchev–Trinajstić information content (AvgIpc) is 3.17. The lowest BCUT2D eigenvalue weighted by molar-refractivity contribution is 0.0725. The summed E-state index contributed by atoms with van der Waals surface area (Å²) in [5.41, 5.74) is 1.30. The minimum Gasteiger partial charge on any atom is -0.360 e. The van der Waals surface area contributed by atoms with E-state index in [2.05, 4.69) is 5.16 Å². The van der Waals surface area contributed by atoms with Gasteiger partial charge in [-0.2, -0.15) is 0 Å². The monoisotopic (exact) mass is 302 g/mol. The van der Waals surface area contributed by atoms with E-state index in [4.69, 9.17) is 4.52 Å². The molecule has 116 valence electrons. The first-order chi connectivity index (χ1) is 10.6. The summed E-state index contributed by atoms with van der Waals surface area (Å²) < 4.78 is 18.3. The van der Waals surface area contributed by atoms with Gasteiger partial charge < -0.3 is 9.42 Å². The van der Waals surface area contributed by atoms with Crippen molar-refractivity contribution in [1.29, 1.82) is 0 Å². The Hall–Kier alpha value is -2.17. The second-order valence-electron chi connectivity index (χ2n) is 5.98. The van der Waals surface area contributed by atoms with Crippen molar-refractivity contribution in [2.45, 2.75) is 38.6 Å². The van der Waals surface area contributed by atoms with E-state index < -0.39 is 0 Å². The summed E-state index contributed by atoms with van der Waals surface area (Å²) >= 11 is 0. The molecule has 2 aromatic rings. The Morgan fingerprint density at radius 3 is 2.73 bits per heavy atom. The van der Waals surface area contributed by atoms with Crippen LogP contribution in [0.3, 0.4) is 0 Å². The number of benzene rings is 1. The van der Waals surface area contributed by atoms with Crippen LogP contribution in [0.2, 0.25) is 0 Å². The molecule has 0 unspecified atom stereocenters. The topological polar surface area (TPSA) is 46.3 Å². The number of carbonyl (C=O) groups excluding carboxylic acids is 1. The number of halogens is 1. The molecule has 22 heavy (non-hydrogen) atoms. The molecule has 0 saturated carbocycles. The maximum Gasteiger partial charge on any atom is 0.276 e. The number of aromatic nitrogens is 1. The average molecular weight is 302 g/mol. The number of nitrogens with zero attached hydrogens (tertiary/aromatic N) is 2. The van der Waals surface area contributed by atoms with Crippen LogP contribution in [-0.4, -0.2) is 22.5 Å². The van der Waals surface area contributed by atoms with E-state index in [1.54, 1.807) is 23.1 Å². The Morgan fingerprint density at radius 2 is 2.09 bits per heavy atom. The third-order valence-corrected chi connectivity index (χ3v) is 4.08. The molecule has 1 aromatic carbocycles. The van der Waals surface area contributed by atoms with E-state index in [0.29, 0.717) is 18.0 Å². The molecule has 1 amide bonds. The summed E-state index contributed by atoms with van der Waals surface area (Å²) in [4.78, 5) is 14.5. The van der Waals surface area contributed by atoms with Gasteiger partial charge in [0.15, 0.2) is 5.69 Å². The van der Waals surface area contributed by atoms with Crippen LogP contribution in [0, 0.1) is 5.82 Å². The minimum absolute atomic E-state index is 0.0210. The van der Waals surface area contributed by atoms with E-state index in [9.17, 15) is 9.18 Å². The van der Waals surface area contributed by atoms with Gasteiger partial charge in [0, 0.05) is 18.5 Å². The van der Waals surface area contributed by atoms with Gasteiger partial charge in [-0.1, -0.05) is 31.1 Å². The summed E-state index contributed by atoms with van der Waals surface area (Å²) in [6, 6.07) is 8.05. The highest BCUT2D eigenvalue weighted by Crippen LogP contribution is 2.33. The first-order valence-corrected chi connectivity index (χ1v) is 7.59. The largest absolute Gasteiger partial charge is 0.360 e. The molecule has 0 aliphatic carbocycles. The highest BCUT2D eigenvalue weighted by atomic mass is 19.1. The van der Waals surface area contributed by atoms with Crippen LogP contribution >= 0.6 is 0 Å². The molecule has 0 bridgehead atoms. The van der Waals surface area contributed by atoms with Gasteiger partial charge in [0.05, 0.1) is 6.04 Å². The van der Waals surface area contributed by atoms with Gasteiger partial charge in [0.1, 0.15) is 11.6 Å². The van der Waals surface area contributed by atoms with Crippen LogP contribution in [0.1, 0.15) is 60.5 Å². The van der Waals surface area contributed by atoms with Gasteiger partial charge in [-0.3, -0.25) is 4.79 Å². The lowest BCUT2D eigenvalue weighted by atomic mass is 10.0. The van der Waals surface area contributed by atoms with Crippen molar-refractivity contribution in [3.8, 4) is 0 Å². The Labute approximate surface area is 128 Å². The summed E-state index contributed by atoms with van der Waals surface area (Å²) in [6.07, 6.45) is 1.81. The third-order valence-electron chi connectivity index (χ3n) is 4.08. The molecule has 0 radical (unpaired) electrons. The number of amides is 1. The molecular formula is C17H19FN2O2. The van der Waals surface area contributed by atoms with E-state index in [1.807, 2.05) is 13.8 Å². The summed E-state index contributed by atoms with van der Waals surface area (Å²) in [6.45, 7) is 4.67. The molecule has 4 nitrogen and oxygen atoms in total. The van der Waals surface area contributed by atoms with E-state index in [-0.39, 0.29) is 23.7 Å². The van der Waals surface area contributed by atoms with Crippen LogP contribution in [0.15, 0.2) is 34.9 Å². The fraction of sp³-hybridized carbons (Fsp3) is 0.412. The van der Waals surface area contributed by atoms with Gasteiger partial charge >= 0.3 is 0 Å². The molecule has 5 heteroatoms. The van der Waals surface area contributed by atoms with Gasteiger partial charge in [-0.15, -0.1) is 0 Å². The number of hydrogen-bond donors (Lipinski definition) is 0. The normalized spacial score (nSPS) is 18.2. The zero-order chi connectivity index (χ0) is 15.7. The standard InChI is InChI=1S/C17H19FN2O2/c1-11(2)16-10-14(19-22-16)17(21)20-9-3-4-15(20)12-5-7-13(18)8-6-12/h5-8,10-11,15H,3-4,9H2,1-2H3/t15-/m0/s1. The van der Waals surface area contributed by atoms with Crippen LogP contribution in [0.5, 0.6) is 0 Å². The van der Waals surface area contributed by atoms with Crippen molar-refractivity contribution >= 4 is 5.91 Å². The predicted molar refractivity (Wildman–Crippen MR) is 80.0 cm³/mol. The second kappa shape index (κ2) is 5.91. The fourth-order valence-electron chi connectivity index (χ4n) is 2.85. The van der Waals surface area contributed by atoms with Crippen molar-refractivity contribution < 1.29 is 13.7 Å². The van der Waals surface area contributed by atoms with Crippen molar-refractivity contribution in [1.82, 2.24) is 10.1 Å². The van der Waals surface area contributed by atoms with Gasteiger partial charge in [0.25, 0.3) is 5.91 Å². The van der Waals surface area contributed by atoms with E-state index in [1.165, 1.54) is 12.1 Å². The highest BCUT2D eigenvalue weighted by molar-refractivity contribution is 5.92. The molecule has 1 atom stereocenters. The SMILES string of the molecule is CC(C)c1cc(C(=O)N2CCC[C@H]2c2ccc(F)cc2)no1. The number of likely N-dealkylation sites (tertiary alicyclic amines) is 1. The molecule has 3 rings (SSSR count). The van der Waals surface area contributed by atoms with E-state index >= 15 is 0 Å². The van der Waals surface area contributed by atoms with Crippen LogP contribution in [0.25, 0.3) is 0 Å². The minimum atomic E-state index is -0.266. The van der Waals surface area contributed by atoms with E-state index in [0.717, 1.165) is 18.4 Å². The van der Waals surface area contributed by atoms with Gasteiger partial charge in [0.2, 0.25) is 0 Å². The summed E-state index contributed by atoms with van der Waals surface area (Å²) in [5.74, 6) is 0.515. The van der Waals surface area contributed by atoms with Crippen molar-refractivity contribution in [3.63, 3.8) is 0 Å². The molecule has 1 saturated heterocycles. The molecule has 1 aliphatic rings. The van der Waals surface area contributed by atoms with Crippen LogP contribution < -0.4 is 0 Å². The van der Waals surface area contributed by atoms with Crippen LogP contribution in [0.4, 0.5) is 4.39 Å². The Kier molecular flexibility index (Phi) is 3.96. The lowest BCUT2D eigenvalue weighted by Crippen LogP contribution is -2.30. The molecule has 2 heterocycles. The first kappa shape index (κ1) is 14.8. The Morgan fingerprint density at radius 1 is 1.36 bits per heavy atom. The van der Waals surface area contributed by atoms with Crippen molar-refractivity contribution in [2.75, 3.05) is 6.54 Å². The third kappa shape index (κ3) is 2.75. The first-order valence-electron chi connectivity index (χ1n) is 7.59. The molecular weight excluding hydrogens is 283 g/mol. The Balaban J connectivity index is 1.82. The molecule has 0 N–H and O–H groups in total. The smallest absolute Gasteiger partial charge is 0.276 e. The molecule has 1 aromatic heterocycles. The summed E-state index contributed by atoms with van der Waals surface area (Å²) in [7, 11) is 0. The van der Waals surface area contributed by atoms with Crippen molar-refractivity contribution in [2.24, 2.45) is 0 Å². The second-order valence-corrected chi connectivity index (χ2v) is 5.98.